The summed E-state index contributed by atoms with van der Waals surface area (Å²) >= 11 is 0. The minimum Gasteiger partial charge on any atom is -0.481 e. The number of hydrogen-bond donors (Lipinski definition) is 2. The second-order valence-electron chi connectivity index (χ2n) is 4.97. The van der Waals surface area contributed by atoms with Gasteiger partial charge in [0.25, 0.3) is 0 Å². The third-order valence-corrected chi connectivity index (χ3v) is 2.92. The minimum atomic E-state index is -4.75. The molecular weight excluding hydrogens is 317 g/mol. The van der Waals surface area contributed by atoms with Crippen molar-refractivity contribution in [3.8, 4) is 5.75 Å². The first kappa shape index (κ1) is 18.6. The Labute approximate surface area is 130 Å². The Morgan fingerprint density at radius 1 is 1.30 bits per heavy atom. The number of benzene rings is 1. The summed E-state index contributed by atoms with van der Waals surface area (Å²) in [5.41, 5.74) is 0.576. The Bertz CT molecular complexity index is 546. The van der Waals surface area contributed by atoms with Gasteiger partial charge in [0.2, 0.25) is 0 Å². The van der Waals surface area contributed by atoms with Crippen LogP contribution in [0, 0.1) is 5.92 Å². The zero-order valence-electron chi connectivity index (χ0n) is 12.6. The van der Waals surface area contributed by atoms with Crippen LogP contribution in [0.15, 0.2) is 24.3 Å². The summed E-state index contributed by atoms with van der Waals surface area (Å²) < 4.78 is 39.8. The van der Waals surface area contributed by atoms with Crippen LogP contribution in [0.25, 0.3) is 0 Å². The lowest BCUT2D eigenvalue weighted by molar-refractivity contribution is -0.274. The van der Waals surface area contributed by atoms with Gasteiger partial charge < -0.3 is 20.1 Å². The van der Waals surface area contributed by atoms with Gasteiger partial charge in [-0.1, -0.05) is 19.1 Å². The third kappa shape index (κ3) is 6.90. The van der Waals surface area contributed by atoms with E-state index < -0.39 is 24.3 Å². The van der Waals surface area contributed by atoms with Crippen LogP contribution in [-0.2, 0) is 11.3 Å². The Morgan fingerprint density at radius 3 is 2.35 bits per heavy atom. The molecule has 2 amide bonds. The quantitative estimate of drug-likeness (QED) is 0.837. The van der Waals surface area contributed by atoms with Crippen molar-refractivity contribution in [2.75, 3.05) is 13.6 Å². The summed E-state index contributed by atoms with van der Waals surface area (Å²) in [4.78, 5) is 23.7. The van der Waals surface area contributed by atoms with E-state index in [0.717, 1.165) is 12.1 Å². The zero-order valence-corrected chi connectivity index (χ0v) is 12.6. The van der Waals surface area contributed by atoms with Gasteiger partial charge in [-0.25, -0.2) is 4.79 Å². The third-order valence-electron chi connectivity index (χ3n) is 2.92. The smallest absolute Gasteiger partial charge is 0.481 e. The molecule has 2 N–H and O–H groups in total. The number of nitrogens with one attached hydrogen (secondary N) is 1. The van der Waals surface area contributed by atoms with Crippen LogP contribution in [0.3, 0.4) is 0 Å². The van der Waals surface area contributed by atoms with E-state index in [9.17, 15) is 22.8 Å². The number of nitrogens with zero attached hydrogens (tertiary/aromatic N) is 1. The second kappa shape index (κ2) is 7.70. The van der Waals surface area contributed by atoms with Gasteiger partial charge in [0.05, 0.1) is 5.92 Å². The highest BCUT2D eigenvalue weighted by molar-refractivity contribution is 5.75. The maximum atomic E-state index is 12.0. The van der Waals surface area contributed by atoms with Crippen LogP contribution in [0.4, 0.5) is 18.0 Å². The standard InChI is InChI=1S/C14H17F3N2O4/c1-9(12(20)21)8-19(2)13(22)18-7-10-3-5-11(6-4-10)23-14(15,16)17/h3-6,9H,7-8H2,1-2H3,(H,18,22)(H,20,21). The average molecular weight is 334 g/mol. The fourth-order valence-corrected chi connectivity index (χ4v) is 1.69. The Balaban J connectivity index is 2.48. The highest BCUT2D eigenvalue weighted by atomic mass is 19.4. The lowest BCUT2D eigenvalue weighted by Gasteiger charge is -2.20. The molecule has 1 aromatic carbocycles. The number of alkyl halides is 3. The van der Waals surface area contributed by atoms with E-state index in [1.807, 2.05) is 0 Å². The number of carboxylic acid groups (broad SMARTS) is 1. The van der Waals surface area contributed by atoms with Gasteiger partial charge in [0.1, 0.15) is 5.75 Å². The van der Waals surface area contributed by atoms with E-state index >= 15 is 0 Å². The molecule has 0 saturated carbocycles. The summed E-state index contributed by atoms with van der Waals surface area (Å²) in [7, 11) is 1.45. The van der Waals surface area contributed by atoms with E-state index in [-0.39, 0.29) is 18.8 Å². The fraction of sp³-hybridized carbons (Fsp3) is 0.429. The largest absolute Gasteiger partial charge is 0.573 e. The number of carboxylic acids is 1. The first-order valence-electron chi connectivity index (χ1n) is 6.65. The van der Waals surface area contributed by atoms with Crippen LogP contribution in [0.2, 0.25) is 0 Å². The molecule has 0 fully saturated rings. The minimum absolute atomic E-state index is 0.0412. The summed E-state index contributed by atoms with van der Waals surface area (Å²) in [5, 5.41) is 11.3. The topological polar surface area (TPSA) is 78.9 Å². The molecule has 0 radical (unpaired) electrons. The maximum absolute atomic E-state index is 12.0. The number of hydrogen-bond acceptors (Lipinski definition) is 3. The monoisotopic (exact) mass is 334 g/mol. The summed E-state index contributed by atoms with van der Waals surface area (Å²) in [6, 6.07) is 4.59. The van der Waals surface area contributed by atoms with E-state index in [1.54, 1.807) is 0 Å². The van der Waals surface area contributed by atoms with Crippen LogP contribution >= 0.6 is 0 Å². The van der Waals surface area contributed by atoms with E-state index in [2.05, 4.69) is 10.1 Å². The zero-order chi connectivity index (χ0) is 17.6. The number of rotatable bonds is 6. The van der Waals surface area contributed by atoms with Crippen molar-refractivity contribution < 1.29 is 32.6 Å². The Hall–Kier alpha value is -2.45. The number of aliphatic carboxylic acids is 1. The van der Waals surface area contributed by atoms with E-state index in [1.165, 1.54) is 31.0 Å². The molecule has 1 atom stereocenters. The van der Waals surface area contributed by atoms with Crippen LogP contribution in [-0.4, -0.2) is 42.0 Å². The molecule has 1 aromatic rings. The molecule has 0 spiro atoms. The van der Waals surface area contributed by atoms with Gasteiger partial charge in [-0.05, 0) is 17.7 Å². The first-order valence-corrected chi connectivity index (χ1v) is 6.65. The van der Waals surface area contributed by atoms with Gasteiger partial charge in [-0.15, -0.1) is 13.2 Å². The van der Waals surface area contributed by atoms with Crippen molar-refractivity contribution in [1.82, 2.24) is 10.2 Å². The predicted molar refractivity (Wildman–Crippen MR) is 74.8 cm³/mol. The van der Waals surface area contributed by atoms with Crippen molar-refractivity contribution in [2.45, 2.75) is 19.8 Å². The van der Waals surface area contributed by atoms with Gasteiger partial charge in [0.15, 0.2) is 0 Å². The van der Waals surface area contributed by atoms with Gasteiger partial charge in [0, 0.05) is 20.1 Å². The van der Waals surface area contributed by atoms with Crippen molar-refractivity contribution >= 4 is 12.0 Å². The number of amides is 2. The molecule has 0 aliphatic rings. The lowest BCUT2D eigenvalue weighted by Crippen LogP contribution is -2.40. The molecule has 23 heavy (non-hydrogen) atoms. The van der Waals surface area contributed by atoms with Gasteiger partial charge >= 0.3 is 18.4 Å². The molecule has 0 aliphatic carbocycles. The first-order chi connectivity index (χ1) is 10.6. The average Bonchev–Trinajstić information content (AvgIpc) is 2.44. The molecule has 0 aromatic heterocycles. The number of carbonyl (C=O) groups excluding carboxylic acids is 1. The summed E-state index contributed by atoms with van der Waals surface area (Å²) in [6.07, 6.45) is -4.75. The number of carbonyl (C=O) groups is 2. The molecule has 128 valence electrons. The molecular formula is C14H17F3N2O4. The fourth-order valence-electron chi connectivity index (χ4n) is 1.69. The van der Waals surface area contributed by atoms with E-state index in [4.69, 9.17) is 5.11 Å². The van der Waals surface area contributed by atoms with Crippen molar-refractivity contribution in [2.24, 2.45) is 5.92 Å². The molecule has 0 saturated heterocycles. The second-order valence-corrected chi connectivity index (χ2v) is 4.97. The van der Waals surface area contributed by atoms with Crippen molar-refractivity contribution in [3.05, 3.63) is 29.8 Å². The molecule has 9 heteroatoms. The normalized spacial score (nSPS) is 12.4. The SMILES string of the molecule is CC(CN(C)C(=O)NCc1ccc(OC(F)(F)F)cc1)C(=O)O. The highest BCUT2D eigenvalue weighted by Crippen LogP contribution is 2.22. The summed E-state index contributed by atoms with van der Waals surface area (Å²) in [5.74, 6) is -2.06. The Morgan fingerprint density at radius 2 is 1.87 bits per heavy atom. The highest BCUT2D eigenvalue weighted by Gasteiger charge is 2.30. The van der Waals surface area contributed by atoms with E-state index in [0.29, 0.717) is 5.56 Å². The molecule has 1 unspecified atom stereocenters. The maximum Gasteiger partial charge on any atom is 0.573 e. The number of ether oxygens (including phenoxy) is 1. The van der Waals surface area contributed by atoms with Gasteiger partial charge in [-0.3, -0.25) is 4.79 Å². The number of halogens is 3. The Kier molecular flexibility index (Phi) is 6.23. The number of urea groups is 1. The van der Waals surface area contributed by atoms with Crippen LogP contribution in [0.5, 0.6) is 5.75 Å². The van der Waals surface area contributed by atoms with Crippen LogP contribution < -0.4 is 10.1 Å². The molecule has 1 rings (SSSR count). The molecule has 0 aliphatic heterocycles. The van der Waals surface area contributed by atoms with Crippen LogP contribution in [0.1, 0.15) is 12.5 Å². The van der Waals surface area contributed by atoms with Crippen molar-refractivity contribution in [1.29, 1.82) is 0 Å². The van der Waals surface area contributed by atoms with Crippen molar-refractivity contribution in [3.63, 3.8) is 0 Å². The summed E-state index contributed by atoms with van der Waals surface area (Å²) in [6.45, 7) is 1.61. The van der Waals surface area contributed by atoms with Gasteiger partial charge in [-0.2, -0.15) is 0 Å². The molecule has 0 bridgehead atoms. The molecule has 0 heterocycles. The predicted octanol–water partition coefficient (Wildman–Crippen LogP) is 2.45. The molecule has 6 nitrogen and oxygen atoms in total. The lowest BCUT2D eigenvalue weighted by atomic mass is 10.2.